The third kappa shape index (κ3) is 4.68. The van der Waals surface area contributed by atoms with Crippen LogP contribution < -0.4 is 14.9 Å². The number of benzene rings is 2. The van der Waals surface area contributed by atoms with Crippen LogP contribution in [0.3, 0.4) is 0 Å². The van der Waals surface area contributed by atoms with Crippen molar-refractivity contribution in [3.63, 3.8) is 0 Å². The lowest BCUT2D eigenvalue weighted by molar-refractivity contribution is 0.474. The highest BCUT2D eigenvalue weighted by atomic mass is 127. The van der Waals surface area contributed by atoms with Gasteiger partial charge in [0.25, 0.3) is 0 Å². The molecule has 7 nitrogen and oxygen atoms in total. The van der Waals surface area contributed by atoms with Crippen molar-refractivity contribution in [2.45, 2.75) is 36.6 Å². The van der Waals surface area contributed by atoms with Gasteiger partial charge in [-0.05, 0) is 79.8 Å². The highest BCUT2D eigenvalue weighted by Gasteiger charge is 2.27. The molecule has 0 saturated heterocycles. The maximum absolute atomic E-state index is 12.9. The summed E-state index contributed by atoms with van der Waals surface area (Å²) >= 11 is 2.04. The van der Waals surface area contributed by atoms with Crippen molar-refractivity contribution >= 4 is 51.6 Å². The standard InChI is InChI=1S/C22H24IN5O2S/c23-31(30,27-17-3-4-17)19-8-5-16(6-9-19)25-22-24-12-11-21(26-22)28-13-1-2-15-14-18(29)7-10-20(15)28/h5-12,14,17,29,31H,1-4,13H2,(H,27,30)(H,24,25,26). The third-order valence-electron chi connectivity index (χ3n) is 5.48. The van der Waals surface area contributed by atoms with Gasteiger partial charge in [-0.15, -0.1) is 0 Å². The second-order valence-corrected chi connectivity index (χ2v) is 13.8. The van der Waals surface area contributed by atoms with Crippen LogP contribution in [-0.2, 0) is 13.7 Å². The van der Waals surface area contributed by atoms with Crippen LogP contribution in [0.1, 0.15) is 24.8 Å². The Labute approximate surface area is 194 Å². The number of hydrogen-bond acceptors (Lipinski definition) is 6. The fourth-order valence-corrected chi connectivity index (χ4v) is 7.32. The van der Waals surface area contributed by atoms with Gasteiger partial charge < -0.3 is 15.3 Å². The van der Waals surface area contributed by atoms with Gasteiger partial charge in [0.05, 0.1) is 0 Å². The van der Waals surface area contributed by atoms with Gasteiger partial charge in [-0.25, -0.2) is 9.71 Å². The van der Waals surface area contributed by atoms with Crippen LogP contribution in [0.5, 0.6) is 5.75 Å². The van der Waals surface area contributed by atoms with E-state index >= 15 is 0 Å². The summed E-state index contributed by atoms with van der Waals surface area (Å²) in [6.45, 7) is 0.863. The van der Waals surface area contributed by atoms with Crippen LogP contribution in [0, 0.1) is 0 Å². The van der Waals surface area contributed by atoms with Gasteiger partial charge in [0.1, 0.15) is 11.6 Å². The van der Waals surface area contributed by atoms with Crippen LogP contribution >= 0.6 is 21.2 Å². The Bertz CT molecular complexity index is 1150. The first kappa shape index (κ1) is 20.7. The van der Waals surface area contributed by atoms with Crippen molar-refractivity contribution < 1.29 is 9.32 Å². The summed E-state index contributed by atoms with van der Waals surface area (Å²) < 4.78 is 16.1. The number of hydrogen-bond donors (Lipinski definition) is 4. The highest BCUT2D eigenvalue weighted by molar-refractivity contribution is 14.2. The van der Waals surface area contributed by atoms with Crippen LogP contribution in [0.25, 0.3) is 0 Å². The van der Waals surface area contributed by atoms with Gasteiger partial charge in [0.2, 0.25) is 5.95 Å². The van der Waals surface area contributed by atoms with Crippen LogP contribution in [0.4, 0.5) is 23.1 Å². The minimum atomic E-state index is -2.57. The van der Waals surface area contributed by atoms with E-state index in [1.807, 2.05) is 63.7 Å². The summed E-state index contributed by atoms with van der Waals surface area (Å²) in [7, 11) is -2.57. The van der Waals surface area contributed by atoms with E-state index in [0.29, 0.717) is 12.0 Å². The van der Waals surface area contributed by atoms with Gasteiger partial charge in [-0.2, -0.15) is 4.98 Å². The van der Waals surface area contributed by atoms with Gasteiger partial charge in [-0.1, -0.05) is 0 Å². The molecule has 162 valence electrons. The predicted molar refractivity (Wildman–Crippen MR) is 133 cm³/mol. The molecule has 31 heavy (non-hydrogen) atoms. The SMILES string of the molecule is O=[SH](I)(NC1CC1)c1ccc(Nc2nccc(N3CCCc4cc(O)ccc43)n2)cc1. The molecular weight excluding hydrogens is 525 g/mol. The molecule has 1 aliphatic carbocycles. The molecule has 9 heteroatoms. The van der Waals surface area contributed by atoms with E-state index in [1.54, 1.807) is 12.3 Å². The van der Waals surface area contributed by atoms with Crippen molar-refractivity contribution in [2.24, 2.45) is 0 Å². The molecule has 1 aliphatic heterocycles. The molecular formula is C22H24IN5O2S. The summed E-state index contributed by atoms with van der Waals surface area (Å²) in [5, 5.41) is 13.0. The zero-order valence-corrected chi connectivity index (χ0v) is 19.9. The normalized spacial score (nSPS) is 16.6. The molecule has 1 saturated carbocycles. The first-order valence-electron chi connectivity index (χ1n) is 10.4. The average Bonchev–Trinajstić information content (AvgIpc) is 3.57. The Morgan fingerprint density at radius 3 is 2.71 bits per heavy atom. The van der Waals surface area contributed by atoms with E-state index in [4.69, 9.17) is 4.98 Å². The summed E-state index contributed by atoms with van der Waals surface area (Å²) in [6.07, 6.45) is 5.88. The van der Waals surface area contributed by atoms with Gasteiger partial charge in [0, 0.05) is 63.5 Å². The molecule has 0 amide bonds. The first-order valence-corrected chi connectivity index (χ1v) is 14.8. The van der Waals surface area contributed by atoms with E-state index in [1.165, 1.54) is 0 Å². The Kier molecular flexibility index (Phi) is 5.57. The van der Waals surface area contributed by atoms with Crippen LogP contribution in [-0.4, -0.2) is 31.9 Å². The Hall–Kier alpha value is -2.24. The number of thiol groups is 1. The summed E-state index contributed by atoms with van der Waals surface area (Å²) in [6, 6.07) is 15.4. The smallest absolute Gasteiger partial charge is 0.229 e. The van der Waals surface area contributed by atoms with E-state index < -0.39 is 7.29 Å². The number of rotatable bonds is 6. The number of halogens is 1. The lowest BCUT2D eigenvalue weighted by Crippen LogP contribution is -2.27. The number of phenols is 1. The lowest BCUT2D eigenvalue weighted by Gasteiger charge is -2.30. The maximum Gasteiger partial charge on any atom is 0.229 e. The molecule has 2 aromatic carbocycles. The Morgan fingerprint density at radius 1 is 1.13 bits per heavy atom. The fraction of sp³-hybridized carbons (Fsp3) is 0.273. The third-order valence-corrected chi connectivity index (χ3v) is 9.65. The van der Waals surface area contributed by atoms with Crippen molar-refractivity contribution in [2.75, 3.05) is 16.8 Å². The predicted octanol–water partition coefficient (Wildman–Crippen LogP) is 4.40. The molecule has 0 spiro atoms. The monoisotopic (exact) mass is 549 g/mol. The van der Waals surface area contributed by atoms with Gasteiger partial charge in [0.15, 0.2) is 0 Å². The van der Waals surface area contributed by atoms with Crippen molar-refractivity contribution in [3.8, 4) is 5.75 Å². The molecule has 0 atom stereocenters. The first-order chi connectivity index (χ1) is 15.0. The van der Waals surface area contributed by atoms with E-state index in [2.05, 4.69) is 19.9 Å². The number of fused-ring (bicyclic) bond motifs is 1. The number of aromatic hydroxyl groups is 1. The fourth-order valence-electron chi connectivity index (χ4n) is 3.77. The molecule has 3 N–H and O–H groups in total. The molecule has 2 aliphatic rings. The minimum Gasteiger partial charge on any atom is -0.508 e. The molecule has 0 unspecified atom stereocenters. The second-order valence-electron chi connectivity index (χ2n) is 7.91. The van der Waals surface area contributed by atoms with E-state index in [0.717, 1.165) is 59.9 Å². The van der Waals surface area contributed by atoms with Crippen molar-refractivity contribution in [1.82, 2.24) is 14.7 Å². The molecule has 1 aromatic heterocycles. The molecule has 3 aromatic rings. The summed E-state index contributed by atoms with van der Waals surface area (Å²) in [4.78, 5) is 12.0. The second kappa shape index (κ2) is 8.36. The maximum atomic E-state index is 12.9. The minimum absolute atomic E-state index is 0.289. The average molecular weight is 549 g/mol. The summed E-state index contributed by atoms with van der Waals surface area (Å²) in [5.74, 6) is 1.61. The number of nitrogens with zero attached hydrogens (tertiary/aromatic N) is 3. The highest BCUT2D eigenvalue weighted by Crippen LogP contribution is 2.35. The molecule has 2 heterocycles. The zero-order chi connectivity index (χ0) is 21.4. The van der Waals surface area contributed by atoms with Crippen LogP contribution in [0.15, 0.2) is 59.6 Å². The molecule has 1 fully saturated rings. The largest absolute Gasteiger partial charge is 0.508 e. The van der Waals surface area contributed by atoms with Gasteiger partial charge in [-0.3, -0.25) is 4.21 Å². The number of aryl methyl sites for hydroxylation is 1. The summed E-state index contributed by atoms with van der Waals surface area (Å²) in [5.41, 5.74) is 3.03. The molecule has 0 radical (unpaired) electrons. The van der Waals surface area contributed by atoms with E-state index in [-0.39, 0.29) is 5.75 Å². The number of anilines is 4. The zero-order valence-electron chi connectivity index (χ0n) is 16.8. The number of phenolic OH excluding ortho intramolecular Hbond substituents is 1. The van der Waals surface area contributed by atoms with Crippen LogP contribution in [0.2, 0.25) is 0 Å². The molecule has 0 bridgehead atoms. The van der Waals surface area contributed by atoms with E-state index in [9.17, 15) is 9.32 Å². The van der Waals surface area contributed by atoms with Crippen molar-refractivity contribution in [1.29, 1.82) is 0 Å². The molecule has 5 rings (SSSR count). The lowest BCUT2D eigenvalue weighted by atomic mass is 10.0. The Morgan fingerprint density at radius 2 is 1.94 bits per heavy atom. The number of nitrogens with one attached hydrogen (secondary N) is 2. The quantitative estimate of drug-likeness (QED) is 0.207. The Balaban J connectivity index is 1.34. The van der Waals surface area contributed by atoms with Gasteiger partial charge >= 0.3 is 0 Å². The van der Waals surface area contributed by atoms with Crippen molar-refractivity contribution in [3.05, 3.63) is 60.3 Å². The number of aromatic nitrogens is 2. The topological polar surface area (TPSA) is 90.4 Å².